The molecule has 1 aliphatic carbocycles. The zero-order valence-electron chi connectivity index (χ0n) is 21.0. The quantitative estimate of drug-likeness (QED) is 0.522. The first kappa shape index (κ1) is 25.9. The molecular formula is C27H36N2O4S2. The second-order valence-electron chi connectivity index (χ2n) is 10.5. The smallest absolute Gasteiger partial charge is 0.264 e. The molecule has 8 heteroatoms. The Labute approximate surface area is 213 Å². The Morgan fingerprint density at radius 3 is 2.46 bits per heavy atom. The van der Waals surface area contributed by atoms with Gasteiger partial charge in [0.2, 0.25) is 0 Å². The number of thioether (sulfide) groups is 1. The fourth-order valence-electron chi connectivity index (χ4n) is 4.49. The number of carbonyl (C=O) groups is 1. The van der Waals surface area contributed by atoms with Gasteiger partial charge < -0.3 is 10.1 Å². The van der Waals surface area contributed by atoms with Crippen molar-refractivity contribution in [3.05, 3.63) is 53.6 Å². The standard InChI is InChI=1S/C27H36N2O4S2/c1-19-9-12-22(13-10-19)35(31,32)29-18-25(26(30)28-15-16-34-21-7-5-6-8-21)33-24-14-11-20(17-23(24)29)27(2,3)4/h9-14,17,21,25H,5-8,15-16,18H2,1-4H3,(H,28,30)/t25-/m0/s1. The summed E-state index contributed by atoms with van der Waals surface area (Å²) >= 11 is 1.91. The van der Waals surface area contributed by atoms with E-state index >= 15 is 0 Å². The van der Waals surface area contributed by atoms with E-state index < -0.39 is 16.1 Å². The van der Waals surface area contributed by atoms with E-state index in [-0.39, 0.29) is 22.8 Å². The number of sulfonamides is 1. The number of ether oxygens (including phenoxy) is 1. The molecule has 0 radical (unpaired) electrons. The van der Waals surface area contributed by atoms with Gasteiger partial charge in [0, 0.05) is 17.5 Å². The molecule has 4 rings (SSSR count). The molecule has 0 spiro atoms. The van der Waals surface area contributed by atoms with Crippen LogP contribution in [0.25, 0.3) is 0 Å². The second kappa shape index (κ2) is 10.4. The lowest BCUT2D eigenvalue weighted by Crippen LogP contribution is -2.51. The summed E-state index contributed by atoms with van der Waals surface area (Å²) in [5, 5.41) is 3.65. The van der Waals surface area contributed by atoms with Crippen molar-refractivity contribution in [3.8, 4) is 5.75 Å². The molecule has 1 heterocycles. The highest BCUT2D eigenvalue weighted by Crippen LogP contribution is 2.40. The van der Waals surface area contributed by atoms with Crippen LogP contribution >= 0.6 is 11.8 Å². The number of carbonyl (C=O) groups excluding carboxylic acids is 1. The molecule has 0 bridgehead atoms. The van der Waals surface area contributed by atoms with E-state index in [0.717, 1.165) is 16.9 Å². The van der Waals surface area contributed by atoms with Crippen molar-refractivity contribution in [1.82, 2.24) is 5.32 Å². The molecule has 1 N–H and O–H groups in total. The molecule has 1 atom stereocenters. The van der Waals surface area contributed by atoms with Crippen LogP contribution in [0.1, 0.15) is 57.6 Å². The van der Waals surface area contributed by atoms with Crippen LogP contribution in [0.4, 0.5) is 5.69 Å². The Morgan fingerprint density at radius 1 is 1.11 bits per heavy atom. The van der Waals surface area contributed by atoms with Gasteiger partial charge in [0.05, 0.1) is 17.1 Å². The summed E-state index contributed by atoms with van der Waals surface area (Å²) in [5.41, 5.74) is 2.28. The molecule has 0 aromatic heterocycles. The molecule has 1 aliphatic heterocycles. The van der Waals surface area contributed by atoms with Crippen LogP contribution in [0.2, 0.25) is 0 Å². The maximum absolute atomic E-state index is 13.7. The molecule has 1 fully saturated rings. The van der Waals surface area contributed by atoms with Crippen molar-refractivity contribution in [3.63, 3.8) is 0 Å². The molecule has 2 aromatic rings. The van der Waals surface area contributed by atoms with Crippen molar-refractivity contribution in [2.45, 2.75) is 75.0 Å². The molecular weight excluding hydrogens is 480 g/mol. The maximum atomic E-state index is 13.7. The first-order chi connectivity index (χ1) is 16.6. The van der Waals surface area contributed by atoms with Crippen LogP contribution in [-0.4, -0.2) is 44.5 Å². The van der Waals surface area contributed by atoms with Gasteiger partial charge >= 0.3 is 0 Å². The number of nitrogens with zero attached hydrogens (tertiary/aromatic N) is 1. The van der Waals surface area contributed by atoms with Crippen LogP contribution in [0.3, 0.4) is 0 Å². The summed E-state index contributed by atoms with van der Waals surface area (Å²) in [6.07, 6.45) is 4.18. The lowest BCUT2D eigenvalue weighted by Gasteiger charge is -2.36. The highest BCUT2D eigenvalue weighted by molar-refractivity contribution is 7.99. The Balaban J connectivity index is 1.57. The maximum Gasteiger partial charge on any atom is 0.264 e. The normalized spacial score (nSPS) is 18.7. The molecule has 1 saturated carbocycles. The van der Waals surface area contributed by atoms with Gasteiger partial charge in [-0.3, -0.25) is 9.10 Å². The number of fused-ring (bicyclic) bond motifs is 1. The third-order valence-electron chi connectivity index (χ3n) is 6.65. The fourth-order valence-corrected chi connectivity index (χ4v) is 7.18. The van der Waals surface area contributed by atoms with Gasteiger partial charge in [-0.2, -0.15) is 11.8 Å². The summed E-state index contributed by atoms with van der Waals surface area (Å²) in [4.78, 5) is 13.2. The van der Waals surface area contributed by atoms with Crippen LogP contribution in [0.15, 0.2) is 47.4 Å². The number of anilines is 1. The van der Waals surface area contributed by atoms with Crippen LogP contribution in [0.5, 0.6) is 5.75 Å². The first-order valence-corrected chi connectivity index (χ1v) is 14.8. The first-order valence-electron chi connectivity index (χ1n) is 12.4. The zero-order valence-corrected chi connectivity index (χ0v) is 22.7. The van der Waals surface area contributed by atoms with E-state index in [1.807, 2.05) is 30.8 Å². The van der Waals surface area contributed by atoms with Gasteiger partial charge in [-0.25, -0.2) is 8.42 Å². The second-order valence-corrected chi connectivity index (χ2v) is 13.7. The third kappa shape index (κ3) is 5.97. The fraction of sp³-hybridized carbons (Fsp3) is 0.519. The van der Waals surface area contributed by atoms with E-state index in [2.05, 4.69) is 26.1 Å². The van der Waals surface area contributed by atoms with Crippen molar-refractivity contribution in [2.75, 3.05) is 23.1 Å². The molecule has 1 amide bonds. The van der Waals surface area contributed by atoms with Crippen LogP contribution < -0.4 is 14.4 Å². The SMILES string of the molecule is Cc1ccc(S(=O)(=O)N2C[C@@H](C(=O)NCCSC3CCCC3)Oc3ccc(C(C)(C)C)cc32)cc1. The Bertz CT molecular complexity index is 1150. The zero-order chi connectivity index (χ0) is 25.2. The Morgan fingerprint density at radius 2 is 1.80 bits per heavy atom. The lowest BCUT2D eigenvalue weighted by molar-refractivity contribution is -0.127. The molecule has 2 aromatic carbocycles. The third-order valence-corrected chi connectivity index (χ3v) is 9.83. The summed E-state index contributed by atoms with van der Waals surface area (Å²) < 4.78 is 34.9. The van der Waals surface area contributed by atoms with Crippen molar-refractivity contribution < 1.29 is 17.9 Å². The van der Waals surface area contributed by atoms with Gasteiger partial charge in [-0.05, 0) is 55.0 Å². The minimum Gasteiger partial charge on any atom is -0.476 e. The van der Waals surface area contributed by atoms with Crippen molar-refractivity contribution in [2.24, 2.45) is 0 Å². The van der Waals surface area contributed by atoms with Gasteiger partial charge in [-0.1, -0.05) is 57.4 Å². The predicted octanol–water partition coefficient (Wildman–Crippen LogP) is 5.04. The molecule has 35 heavy (non-hydrogen) atoms. The Kier molecular flexibility index (Phi) is 7.71. The monoisotopic (exact) mass is 516 g/mol. The summed E-state index contributed by atoms with van der Waals surface area (Å²) in [7, 11) is -3.89. The van der Waals surface area contributed by atoms with E-state index in [1.54, 1.807) is 30.3 Å². The minimum absolute atomic E-state index is 0.0710. The number of nitrogens with one attached hydrogen (secondary N) is 1. The molecule has 0 unspecified atom stereocenters. The number of hydrogen-bond acceptors (Lipinski definition) is 5. The average molecular weight is 517 g/mol. The van der Waals surface area contributed by atoms with Gasteiger partial charge in [0.25, 0.3) is 15.9 Å². The van der Waals surface area contributed by atoms with Gasteiger partial charge in [-0.15, -0.1) is 0 Å². The summed E-state index contributed by atoms with van der Waals surface area (Å²) in [6.45, 7) is 8.63. The topological polar surface area (TPSA) is 75.7 Å². The van der Waals surface area contributed by atoms with Crippen LogP contribution in [-0.2, 0) is 20.2 Å². The average Bonchev–Trinajstić information content (AvgIpc) is 3.34. The van der Waals surface area contributed by atoms with Crippen LogP contribution in [0, 0.1) is 6.92 Å². The number of aryl methyl sites for hydroxylation is 1. The lowest BCUT2D eigenvalue weighted by atomic mass is 9.86. The van der Waals surface area contributed by atoms with E-state index in [1.165, 1.54) is 30.0 Å². The highest BCUT2D eigenvalue weighted by atomic mass is 32.2. The Hall–Kier alpha value is -2.19. The van der Waals surface area contributed by atoms with E-state index in [4.69, 9.17) is 4.74 Å². The van der Waals surface area contributed by atoms with Gasteiger partial charge in [0.15, 0.2) is 6.10 Å². The largest absolute Gasteiger partial charge is 0.476 e. The molecule has 190 valence electrons. The number of hydrogen-bond donors (Lipinski definition) is 1. The van der Waals surface area contributed by atoms with E-state index in [9.17, 15) is 13.2 Å². The van der Waals surface area contributed by atoms with E-state index in [0.29, 0.717) is 23.2 Å². The molecule has 6 nitrogen and oxygen atoms in total. The number of benzene rings is 2. The van der Waals surface area contributed by atoms with Crippen molar-refractivity contribution in [1.29, 1.82) is 0 Å². The predicted molar refractivity (Wildman–Crippen MR) is 143 cm³/mol. The highest BCUT2D eigenvalue weighted by Gasteiger charge is 2.38. The summed E-state index contributed by atoms with van der Waals surface area (Å²) in [6, 6.07) is 12.4. The number of rotatable bonds is 7. The number of amides is 1. The van der Waals surface area contributed by atoms with Crippen molar-refractivity contribution >= 4 is 33.4 Å². The van der Waals surface area contributed by atoms with Gasteiger partial charge in [0.1, 0.15) is 5.75 Å². The molecule has 0 saturated heterocycles. The molecule has 2 aliphatic rings. The minimum atomic E-state index is -3.89. The summed E-state index contributed by atoms with van der Waals surface area (Å²) in [5.74, 6) is 0.965.